The largest absolute Gasteiger partial charge is 0.379 e. The van der Waals surface area contributed by atoms with Crippen molar-refractivity contribution in [2.75, 3.05) is 38.2 Å². The van der Waals surface area contributed by atoms with Crippen molar-refractivity contribution < 1.29 is 14.3 Å². The van der Waals surface area contributed by atoms with E-state index < -0.39 is 0 Å². The lowest BCUT2D eigenvalue weighted by atomic mass is 9.88. The molecule has 160 valence electrons. The molecule has 1 aromatic carbocycles. The first-order valence-corrected chi connectivity index (χ1v) is 11.0. The zero-order valence-electron chi connectivity index (χ0n) is 17.8. The fraction of sp³-hybridized carbons (Fsp3) is 0.652. The first kappa shape index (κ1) is 21.8. The normalized spacial score (nSPS) is 20.6. The Labute approximate surface area is 174 Å². The lowest BCUT2D eigenvalue weighted by Gasteiger charge is -2.43. The van der Waals surface area contributed by atoms with Crippen LogP contribution in [-0.4, -0.2) is 55.1 Å². The Morgan fingerprint density at radius 1 is 1.17 bits per heavy atom. The Morgan fingerprint density at radius 3 is 2.59 bits per heavy atom. The van der Waals surface area contributed by atoms with Crippen LogP contribution in [0.25, 0.3) is 0 Å². The van der Waals surface area contributed by atoms with Crippen LogP contribution in [0.5, 0.6) is 0 Å². The third kappa shape index (κ3) is 5.80. The maximum atomic E-state index is 12.8. The minimum atomic E-state index is -0.105. The van der Waals surface area contributed by atoms with Gasteiger partial charge in [-0.25, -0.2) is 0 Å². The number of anilines is 1. The Hall–Kier alpha value is -1.92. The molecule has 1 heterocycles. The van der Waals surface area contributed by atoms with Crippen LogP contribution in [0, 0.1) is 5.92 Å². The molecule has 3 rings (SSSR count). The summed E-state index contributed by atoms with van der Waals surface area (Å²) < 4.78 is 5.46. The van der Waals surface area contributed by atoms with Gasteiger partial charge in [0, 0.05) is 42.3 Å². The van der Waals surface area contributed by atoms with Gasteiger partial charge in [-0.3, -0.25) is 14.5 Å². The molecule has 1 atom stereocenters. The van der Waals surface area contributed by atoms with Crippen LogP contribution >= 0.6 is 0 Å². The van der Waals surface area contributed by atoms with Gasteiger partial charge in [-0.15, -0.1) is 0 Å². The molecule has 1 saturated carbocycles. The number of carbonyl (C=O) groups excluding carboxylic acids is 2. The van der Waals surface area contributed by atoms with E-state index in [0.717, 1.165) is 58.4 Å². The van der Waals surface area contributed by atoms with Gasteiger partial charge in [0.2, 0.25) is 5.91 Å². The van der Waals surface area contributed by atoms with Gasteiger partial charge in [0.25, 0.3) is 5.91 Å². The SMILES string of the molecule is CCC(C)(CNC(=O)c1cccc(NC(=O)C2CCCCC2)c1)N1CCOCC1. The second-order valence-electron chi connectivity index (χ2n) is 8.54. The first-order chi connectivity index (χ1) is 14.0. The van der Waals surface area contributed by atoms with Crippen LogP contribution < -0.4 is 10.6 Å². The highest BCUT2D eigenvalue weighted by molar-refractivity contribution is 5.97. The van der Waals surface area contributed by atoms with Crippen molar-refractivity contribution >= 4 is 17.5 Å². The number of hydrogen-bond donors (Lipinski definition) is 2. The van der Waals surface area contributed by atoms with E-state index in [2.05, 4.69) is 29.4 Å². The van der Waals surface area contributed by atoms with E-state index in [-0.39, 0.29) is 23.3 Å². The van der Waals surface area contributed by atoms with Gasteiger partial charge >= 0.3 is 0 Å². The van der Waals surface area contributed by atoms with Gasteiger partial charge in [-0.05, 0) is 44.4 Å². The zero-order valence-corrected chi connectivity index (χ0v) is 17.8. The maximum Gasteiger partial charge on any atom is 0.251 e. The van der Waals surface area contributed by atoms with Gasteiger partial charge in [-0.1, -0.05) is 32.3 Å². The zero-order chi connectivity index (χ0) is 20.7. The summed E-state index contributed by atoms with van der Waals surface area (Å²) in [5.74, 6) is 0.0693. The molecular formula is C23H35N3O3. The molecule has 1 aromatic rings. The van der Waals surface area contributed by atoms with Gasteiger partial charge in [-0.2, -0.15) is 0 Å². The highest BCUT2D eigenvalue weighted by atomic mass is 16.5. The second kappa shape index (κ2) is 10.2. The molecule has 29 heavy (non-hydrogen) atoms. The van der Waals surface area contributed by atoms with Crippen molar-refractivity contribution in [3.63, 3.8) is 0 Å². The summed E-state index contributed by atoms with van der Waals surface area (Å²) in [6.07, 6.45) is 6.34. The average molecular weight is 402 g/mol. The summed E-state index contributed by atoms with van der Waals surface area (Å²) in [6, 6.07) is 7.24. The molecule has 1 aliphatic heterocycles. The van der Waals surface area contributed by atoms with Crippen LogP contribution in [-0.2, 0) is 9.53 Å². The van der Waals surface area contributed by atoms with E-state index in [1.165, 1.54) is 6.42 Å². The highest BCUT2D eigenvalue weighted by Crippen LogP contribution is 2.25. The predicted molar refractivity (Wildman–Crippen MR) is 115 cm³/mol. The summed E-state index contributed by atoms with van der Waals surface area (Å²) in [7, 11) is 0. The van der Waals surface area contributed by atoms with Crippen molar-refractivity contribution in [2.45, 2.75) is 57.9 Å². The molecule has 1 saturated heterocycles. The highest BCUT2D eigenvalue weighted by Gasteiger charge is 2.31. The van der Waals surface area contributed by atoms with Crippen molar-refractivity contribution in [1.82, 2.24) is 10.2 Å². The molecule has 0 spiro atoms. The summed E-state index contributed by atoms with van der Waals surface area (Å²) in [4.78, 5) is 27.7. The van der Waals surface area contributed by atoms with Crippen LogP contribution in [0.4, 0.5) is 5.69 Å². The number of morpholine rings is 1. The maximum absolute atomic E-state index is 12.8. The fourth-order valence-corrected chi connectivity index (χ4v) is 4.28. The van der Waals surface area contributed by atoms with E-state index in [1.807, 2.05) is 12.1 Å². The monoisotopic (exact) mass is 401 g/mol. The molecule has 2 amide bonds. The Balaban J connectivity index is 1.57. The first-order valence-electron chi connectivity index (χ1n) is 11.0. The third-order valence-electron chi connectivity index (χ3n) is 6.53. The number of benzene rings is 1. The van der Waals surface area contributed by atoms with Crippen molar-refractivity contribution in [3.05, 3.63) is 29.8 Å². The van der Waals surface area contributed by atoms with Crippen molar-refractivity contribution in [3.8, 4) is 0 Å². The van der Waals surface area contributed by atoms with Crippen LogP contribution in [0.3, 0.4) is 0 Å². The van der Waals surface area contributed by atoms with E-state index in [1.54, 1.807) is 12.1 Å². The third-order valence-corrected chi connectivity index (χ3v) is 6.53. The van der Waals surface area contributed by atoms with Crippen molar-refractivity contribution in [1.29, 1.82) is 0 Å². The lowest BCUT2D eigenvalue weighted by Crippen LogP contribution is -2.56. The number of hydrogen-bond acceptors (Lipinski definition) is 4. The molecule has 0 bridgehead atoms. The van der Waals surface area contributed by atoms with E-state index in [4.69, 9.17) is 4.74 Å². The minimum Gasteiger partial charge on any atom is -0.379 e. The number of rotatable bonds is 7. The molecule has 1 unspecified atom stereocenters. The molecule has 6 nitrogen and oxygen atoms in total. The summed E-state index contributed by atoms with van der Waals surface area (Å²) >= 11 is 0. The molecular weight excluding hydrogens is 366 g/mol. The molecule has 0 aromatic heterocycles. The number of carbonyl (C=O) groups is 2. The van der Waals surface area contributed by atoms with Gasteiger partial charge < -0.3 is 15.4 Å². The number of nitrogens with one attached hydrogen (secondary N) is 2. The van der Waals surface area contributed by atoms with Crippen LogP contribution in [0.2, 0.25) is 0 Å². The van der Waals surface area contributed by atoms with Gasteiger partial charge in [0.1, 0.15) is 0 Å². The Kier molecular flexibility index (Phi) is 7.67. The molecule has 0 radical (unpaired) electrons. The van der Waals surface area contributed by atoms with E-state index >= 15 is 0 Å². The minimum absolute atomic E-state index is 0.0770. The average Bonchev–Trinajstić information content (AvgIpc) is 2.78. The summed E-state index contributed by atoms with van der Waals surface area (Å²) in [5.41, 5.74) is 1.18. The van der Waals surface area contributed by atoms with E-state index in [0.29, 0.717) is 17.8 Å². The molecule has 1 aliphatic carbocycles. The van der Waals surface area contributed by atoms with Crippen LogP contribution in [0.15, 0.2) is 24.3 Å². The number of ether oxygens (including phenoxy) is 1. The molecule has 2 N–H and O–H groups in total. The summed E-state index contributed by atoms with van der Waals surface area (Å²) in [6.45, 7) is 8.20. The summed E-state index contributed by atoms with van der Waals surface area (Å²) in [5, 5.41) is 6.10. The second-order valence-corrected chi connectivity index (χ2v) is 8.54. The molecule has 2 fully saturated rings. The standard InChI is InChI=1S/C23H35N3O3/c1-3-23(2,26-12-14-29-15-13-26)17-24-21(27)19-10-7-11-20(16-19)25-22(28)18-8-5-4-6-9-18/h7,10-11,16,18H,3-6,8-9,12-15,17H2,1-2H3,(H,24,27)(H,25,28). The number of amides is 2. The topological polar surface area (TPSA) is 70.7 Å². The van der Waals surface area contributed by atoms with Crippen molar-refractivity contribution in [2.24, 2.45) is 5.92 Å². The predicted octanol–water partition coefficient (Wildman–Crippen LogP) is 3.44. The van der Waals surface area contributed by atoms with Crippen LogP contribution in [0.1, 0.15) is 62.7 Å². The quantitative estimate of drug-likeness (QED) is 0.734. The number of nitrogens with zero attached hydrogens (tertiary/aromatic N) is 1. The fourth-order valence-electron chi connectivity index (χ4n) is 4.28. The molecule has 2 aliphatic rings. The molecule has 6 heteroatoms. The van der Waals surface area contributed by atoms with E-state index in [9.17, 15) is 9.59 Å². The smallest absolute Gasteiger partial charge is 0.251 e. The van der Waals surface area contributed by atoms with Gasteiger partial charge in [0.15, 0.2) is 0 Å². The lowest BCUT2D eigenvalue weighted by molar-refractivity contribution is -0.120. The van der Waals surface area contributed by atoms with Gasteiger partial charge in [0.05, 0.1) is 13.2 Å². The Bertz CT molecular complexity index is 696. The Morgan fingerprint density at radius 2 is 1.90 bits per heavy atom.